The lowest BCUT2D eigenvalue weighted by Crippen LogP contribution is -2.00. The smallest absolute Gasteiger partial charge is 0.170 e. The van der Waals surface area contributed by atoms with Crippen molar-refractivity contribution in [2.24, 2.45) is 5.16 Å². The first-order valence-electron chi connectivity index (χ1n) is 5.96. The van der Waals surface area contributed by atoms with Crippen LogP contribution in [0.15, 0.2) is 47.6 Å². The highest BCUT2D eigenvalue weighted by Crippen LogP contribution is 2.30. The van der Waals surface area contributed by atoms with Gasteiger partial charge in [-0.1, -0.05) is 35.0 Å². The topological polar surface area (TPSA) is 51.0 Å². The second-order valence-electron chi connectivity index (χ2n) is 4.04. The predicted molar refractivity (Wildman–Crippen MR) is 78.2 cm³/mol. The highest BCUT2D eigenvalue weighted by atomic mass is 35.5. The molecule has 0 spiro atoms. The van der Waals surface area contributed by atoms with Crippen molar-refractivity contribution >= 4 is 17.8 Å². The summed E-state index contributed by atoms with van der Waals surface area (Å²) < 4.78 is 11.0. The van der Waals surface area contributed by atoms with E-state index in [1.807, 2.05) is 12.1 Å². The lowest BCUT2D eigenvalue weighted by molar-refractivity contribution is 0.283. The lowest BCUT2D eigenvalue weighted by Gasteiger charge is -2.13. The van der Waals surface area contributed by atoms with Gasteiger partial charge in [-0.3, -0.25) is 0 Å². The van der Waals surface area contributed by atoms with Gasteiger partial charge in [-0.15, -0.1) is 0 Å². The molecule has 4 nitrogen and oxygen atoms in total. The molecule has 2 rings (SSSR count). The number of methoxy groups -OCH3 is 1. The summed E-state index contributed by atoms with van der Waals surface area (Å²) in [7, 11) is 1.56. The van der Waals surface area contributed by atoms with Gasteiger partial charge in [0.2, 0.25) is 0 Å². The van der Waals surface area contributed by atoms with E-state index in [4.69, 9.17) is 26.3 Å². The number of para-hydroxylation sites is 1. The van der Waals surface area contributed by atoms with E-state index in [2.05, 4.69) is 5.16 Å². The molecule has 2 aromatic carbocycles. The fraction of sp³-hybridized carbons (Fsp3) is 0.133. The van der Waals surface area contributed by atoms with Crippen LogP contribution >= 0.6 is 11.6 Å². The summed E-state index contributed by atoms with van der Waals surface area (Å²) in [6, 6.07) is 12.7. The van der Waals surface area contributed by atoms with Gasteiger partial charge in [-0.25, -0.2) is 0 Å². The Morgan fingerprint density at radius 1 is 1.20 bits per heavy atom. The van der Waals surface area contributed by atoms with Crippen LogP contribution in [-0.2, 0) is 6.61 Å². The monoisotopic (exact) mass is 291 g/mol. The van der Waals surface area contributed by atoms with E-state index in [0.717, 1.165) is 5.56 Å². The van der Waals surface area contributed by atoms with E-state index in [9.17, 15) is 0 Å². The number of hydrogen-bond donors (Lipinski definition) is 1. The Kier molecular flexibility index (Phi) is 4.85. The van der Waals surface area contributed by atoms with Gasteiger partial charge in [0, 0.05) is 10.6 Å². The standard InChI is InChI=1S/C15H14ClNO3/c1-19-14-4-2-3-12(9-17-18)15(14)20-10-11-5-7-13(16)8-6-11/h2-9,18H,10H2,1H3/b17-9-. The quantitative estimate of drug-likeness (QED) is 0.519. The summed E-state index contributed by atoms with van der Waals surface area (Å²) in [6.07, 6.45) is 1.31. The molecule has 5 heteroatoms. The molecule has 0 aliphatic heterocycles. The van der Waals surface area contributed by atoms with Crippen molar-refractivity contribution in [3.63, 3.8) is 0 Å². The molecule has 0 radical (unpaired) electrons. The predicted octanol–water partition coefficient (Wildman–Crippen LogP) is 3.74. The Balaban J connectivity index is 2.21. The first-order chi connectivity index (χ1) is 9.74. The van der Waals surface area contributed by atoms with Crippen molar-refractivity contribution in [1.29, 1.82) is 0 Å². The minimum absolute atomic E-state index is 0.365. The zero-order chi connectivity index (χ0) is 14.4. The number of ether oxygens (including phenoxy) is 2. The Labute approximate surface area is 122 Å². The van der Waals surface area contributed by atoms with E-state index < -0.39 is 0 Å². The van der Waals surface area contributed by atoms with Crippen molar-refractivity contribution in [3.8, 4) is 11.5 Å². The van der Waals surface area contributed by atoms with Crippen LogP contribution in [0.2, 0.25) is 5.02 Å². The molecule has 0 heterocycles. The molecule has 0 aromatic heterocycles. The Morgan fingerprint density at radius 3 is 2.60 bits per heavy atom. The van der Waals surface area contributed by atoms with Crippen molar-refractivity contribution < 1.29 is 14.7 Å². The summed E-state index contributed by atoms with van der Waals surface area (Å²) in [5, 5.41) is 12.4. The van der Waals surface area contributed by atoms with Crippen LogP contribution in [-0.4, -0.2) is 18.5 Å². The normalized spacial score (nSPS) is 10.7. The molecule has 0 bridgehead atoms. The molecular formula is C15H14ClNO3. The lowest BCUT2D eigenvalue weighted by atomic mass is 10.2. The first-order valence-corrected chi connectivity index (χ1v) is 6.34. The van der Waals surface area contributed by atoms with Crippen LogP contribution < -0.4 is 9.47 Å². The van der Waals surface area contributed by atoms with Crippen molar-refractivity contribution in [2.75, 3.05) is 7.11 Å². The fourth-order valence-corrected chi connectivity index (χ4v) is 1.87. The number of halogens is 1. The van der Waals surface area contributed by atoms with Crippen LogP contribution in [0.4, 0.5) is 0 Å². The molecule has 104 valence electrons. The minimum Gasteiger partial charge on any atom is -0.493 e. The maximum absolute atomic E-state index is 8.68. The van der Waals surface area contributed by atoms with E-state index in [-0.39, 0.29) is 0 Å². The average molecular weight is 292 g/mol. The third kappa shape index (κ3) is 3.42. The molecule has 0 saturated carbocycles. The van der Waals surface area contributed by atoms with Gasteiger partial charge in [0.15, 0.2) is 11.5 Å². The van der Waals surface area contributed by atoms with Crippen LogP contribution in [0.3, 0.4) is 0 Å². The minimum atomic E-state index is 0.365. The number of oxime groups is 1. The highest BCUT2D eigenvalue weighted by molar-refractivity contribution is 6.30. The van der Waals surface area contributed by atoms with E-state index in [1.165, 1.54) is 6.21 Å². The van der Waals surface area contributed by atoms with Gasteiger partial charge in [0.05, 0.1) is 13.3 Å². The molecule has 2 aromatic rings. The molecule has 1 N–H and O–H groups in total. The van der Waals surface area contributed by atoms with Gasteiger partial charge in [0.1, 0.15) is 6.61 Å². The van der Waals surface area contributed by atoms with Gasteiger partial charge in [-0.2, -0.15) is 0 Å². The fourth-order valence-electron chi connectivity index (χ4n) is 1.75. The Bertz CT molecular complexity index is 597. The zero-order valence-electron chi connectivity index (χ0n) is 10.9. The Hall–Kier alpha value is -2.20. The highest BCUT2D eigenvalue weighted by Gasteiger charge is 2.09. The van der Waals surface area contributed by atoms with Crippen LogP contribution in [0.1, 0.15) is 11.1 Å². The molecule has 0 unspecified atom stereocenters. The van der Waals surface area contributed by atoms with Crippen LogP contribution in [0.25, 0.3) is 0 Å². The van der Waals surface area contributed by atoms with Crippen molar-refractivity contribution in [3.05, 3.63) is 58.6 Å². The average Bonchev–Trinajstić information content (AvgIpc) is 2.47. The summed E-state index contributed by atoms with van der Waals surface area (Å²) in [4.78, 5) is 0. The maximum Gasteiger partial charge on any atom is 0.170 e. The summed E-state index contributed by atoms with van der Waals surface area (Å²) in [5.41, 5.74) is 1.62. The number of benzene rings is 2. The summed E-state index contributed by atoms with van der Waals surface area (Å²) in [6.45, 7) is 0.365. The molecule has 0 aliphatic rings. The van der Waals surface area contributed by atoms with Crippen LogP contribution in [0, 0.1) is 0 Å². The van der Waals surface area contributed by atoms with Crippen molar-refractivity contribution in [1.82, 2.24) is 0 Å². The molecule has 0 fully saturated rings. The maximum atomic E-state index is 8.68. The van der Waals surface area contributed by atoms with E-state index >= 15 is 0 Å². The molecule has 20 heavy (non-hydrogen) atoms. The molecular weight excluding hydrogens is 278 g/mol. The third-order valence-corrected chi connectivity index (χ3v) is 2.97. The molecule has 0 atom stereocenters. The van der Waals surface area contributed by atoms with E-state index in [1.54, 1.807) is 37.4 Å². The van der Waals surface area contributed by atoms with Gasteiger partial charge >= 0.3 is 0 Å². The molecule has 0 saturated heterocycles. The third-order valence-electron chi connectivity index (χ3n) is 2.72. The van der Waals surface area contributed by atoms with Crippen molar-refractivity contribution in [2.45, 2.75) is 6.61 Å². The van der Waals surface area contributed by atoms with Gasteiger partial charge in [0.25, 0.3) is 0 Å². The molecule has 0 aliphatic carbocycles. The van der Waals surface area contributed by atoms with E-state index in [0.29, 0.717) is 28.7 Å². The van der Waals surface area contributed by atoms with Gasteiger partial charge in [-0.05, 0) is 29.8 Å². The van der Waals surface area contributed by atoms with Crippen LogP contribution in [0.5, 0.6) is 11.5 Å². The Morgan fingerprint density at radius 2 is 1.95 bits per heavy atom. The number of hydrogen-bond acceptors (Lipinski definition) is 4. The SMILES string of the molecule is COc1cccc(/C=N\O)c1OCc1ccc(Cl)cc1. The van der Waals surface area contributed by atoms with Gasteiger partial charge < -0.3 is 14.7 Å². The first kappa shape index (κ1) is 14.2. The summed E-state index contributed by atoms with van der Waals surface area (Å²) >= 11 is 5.84. The summed E-state index contributed by atoms with van der Waals surface area (Å²) in [5.74, 6) is 1.11. The number of rotatable bonds is 5. The zero-order valence-corrected chi connectivity index (χ0v) is 11.7. The largest absolute Gasteiger partial charge is 0.493 e. The number of nitrogens with zero attached hydrogens (tertiary/aromatic N) is 1. The second-order valence-corrected chi connectivity index (χ2v) is 4.47. The molecule has 0 amide bonds. The second kappa shape index (κ2) is 6.82.